The molecule has 2 heterocycles. The molecule has 52 heavy (non-hydrogen) atoms. The summed E-state index contributed by atoms with van der Waals surface area (Å²) >= 11 is 0. The largest absolute Gasteiger partial charge is 0.508 e. The number of amides is 4. The summed E-state index contributed by atoms with van der Waals surface area (Å²) in [6.07, 6.45) is 2.65. The molecule has 0 aromatic heterocycles. The highest BCUT2D eigenvalue weighted by Crippen LogP contribution is 2.63. The lowest BCUT2D eigenvalue weighted by Crippen LogP contribution is -2.48. The van der Waals surface area contributed by atoms with Crippen LogP contribution in [-0.4, -0.2) is 42.8 Å². The van der Waals surface area contributed by atoms with Crippen molar-refractivity contribution in [3.63, 3.8) is 0 Å². The second kappa shape index (κ2) is 12.4. The van der Waals surface area contributed by atoms with Crippen molar-refractivity contribution < 1.29 is 24.3 Å². The number of azo groups is 1. The van der Waals surface area contributed by atoms with Gasteiger partial charge in [0.15, 0.2) is 0 Å². The Balaban J connectivity index is 1.12. The van der Waals surface area contributed by atoms with Crippen molar-refractivity contribution in [3.05, 3.63) is 120 Å². The van der Waals surface area contributed by atoms with Crippen LogP contribution in [-0.2, 0) is 19.2 Å². The smallest absolute Gasteiger partial charge is 0.241 e. The van der Waals surface area contributed by atoms with Crippen molar-refractivity contribution in [3.8, 4) is 5.75 Å². The SMILES string of the molecule is Cc1cc([C@H]2C3=CC[C@@H]4C(=O)N(c5ccc(N=Nc6ccc(N(C)C)cc6)cc5)C(=O)[C@@H]4[C@@H]3C[C@H]3C(=O)N(c4ccccc4)C(=O)[C@@]23C)ccc1O. The van der Waals surface area contributed by atoms with Gasteiger partial charge in [0.2, 0.25) is 23.6 Å². The third-order valence-corrected chi connectivity index (χ3v) is 11.6. The van der Waals surface area contributed by atoms with Gasteiger partial charge in [-0.3, -0.25) is 24.1 Å². The number of nitrogens with zero attached hydrogens (tertiary/aromatic N) is 5. The highest BCUT2D eigenvalue weighted by atomic mass is 16.3. The topological polar surface area (TPSA) is 123 Å². The van der Waals surface area contributed by atoms with E-state index in [1.807, 2.05) is 68.4 Å². The summed E-state index contributed by atoms with van der Waals surface area (Å²) in [5, 5.41) is 19.1. The van der Waals surface area contributed by atoms with E-state index >= 15 is 0 Å². The molecule has 2 aliphatic heterocycles. The molecular weight excluding hydrogens is 654 g/mol. The number of fused-ring (bicyclic) bond motifs is 4. The van der Waals surface area contributed by atoms with Crippen molar-refractivity contribution >= 4 is 52.1 Å². The highest BCUT2D eigenvalue weighted by molar-refractivity contribution is 6.25. The normalized spacial score (nSPS) is 26.8. The van der Waals surface area contributed by atoms with E-state index in [0.29, 0.717) is 34.7 Å². The van der Waals surface area contributed by atoms with E-state index < -0.39 is 35.0 Å². The summed E-state index contributed by atoms with van der Waals surface area (Å²) in [4.78, 5) is 62.0. The lowest BCUT2D eigenvalue weighted by Gasteiger charge is -2.49. The lowest BCUT2D eigenvalue weighted by molar-refractivity contribution is -0.131. The summed E-state index contributed by atoms with van der Waals surface area (Å²) in [6.45, 7) is 3.66. The Kier molecular flexibility index (Phi) is 7.93. The van der Waals surface area contributed by atoms with Crippen LogP contribution in [0.3, 0.4) is 0 Å². The monoisotopic (exact) mass is 693 g/mol. The maximum Gasteiger partial charge on any atom is 0.241 e. The minimum absolute atomic E-state index is 0.133. The number of hydrogen-bond donors (Lipinski definition) is 1. The summed E-state index contributed by atoms with van der Waals surface area (Å²) in [6, 6.07) is 28.8. The highest BCUT2D eigenvalue weighted by Gasteiger charge is 2.67. The van der Waals surface area contributed by atoms with E-state index in [-0.39, 0.29) is 35.8 Å². The Bertz CT molecular complexity index is 2180. The number of aromatic hydroxyl groups is 1. The number of phenolic OH excluding ortho intramolecular Hbond substituents is 1. The number of hydrogen-bond acceptors (Lipinski definition) is 8. The summed E-state index contributed by atoms with van der Waals surface area (Å²) in [5.41, 5.74) is 4.49. The fourth-order valence-corrected chi connectivity index (χ4v) is 8.93. The van der Waals surface area contributed by atoms with Gasteiger partial charge in [-0.25, -0.2) is 4.90 Å². The van der Waals surface area contributed by atoms with Crippen molar-refractivity contribution in [2.75, 3.05) is 28.8 Å². The average Bonchev–Trinajstić information content (AvgIpc) is 3.52. The minimum atomic E-state index is -1.14. The van der Waals surface area contributed by atoms with Crippen LogP contribution in [0.25, 0.3) is 0 Å². The first kappa shape index (κ1) is 33.3. The molecule has 4 amide bonds. The van der Waals surface area contributed by atoms with Gasteiger partial charge in [0.05, 0.1) is 45.9 Å². The number of carbonyl (C=O) groups excluding carboxylic acids is 4. The van der Waals surface area contributed by atoms with Crippen LogP contribution in [0.15, 0.2) is 119 Å². The number of aryl methyl sites for hydroxylation is 1. The molecule has 2 aliphatic carbocycles. The first-order valence-corrected chi connectivity index (χ1v) is 17.6. The number of phenols is 1. The fraction of sp³-hybridized carbons (Fsp3) is 0.286. The molecule has 262 valence electrons. The van der Waals surface area contributed by atoms with Gasteiger partial charge in [-0.05, 0) is 110 Å². The third-order valence-electron chi connectivity index (χ3n) is 11.6. The molecule has 8 rings (SSSR count). The van der Waals surface area contributed by atoms with Crippen molar-refractivity contribution in [1.82, 2.24) is 0 Å². The molecule has 4 aromatic rings. The van der Waals surface area contributed by atoms with E-state index in [1.165, 1.54) is 9.80 Å². The maximum absolute atomic E-state index is 14.5. The molecule has 1 saturated carbocycles. The average molecular weight is 694 g/mol. The first-order chi connectivity index (χ1) is 25.0. The van der Waals surface area contributed by atoms with Gasteiger partial charge < -0.3 is 10.0 Å². The summed E-state index contributed by atoms with van der Waals surface area (Å²) in [5.74, 6) is -4.00. The number of imide groups is 2. The van der Waals surface area contributed by atoms with E-state index in [2.05, 4.69) is 10.2 Å². The van der Waals surface area contributed by atoms with Crippen LogP contribution < -0.4 is 14.7 Å². The summed E-state index contributed by atoms with van der Waals surface area (Å²) < 4.78 is 0. The summed E-state index contributed by atoms with van der Waals surface area (Å²) in [7, 11) is 3.94. The number of para-hydroxylation sites is 1. The Hall–Kier alpha value is -5.90. The molecule has 4 aliphatic rings. The number of rotatable bonds is 6. The third kappa shape index (κ3) is 5.07. The van der Waals surface area contributed by atoms with Crippen molar-refractivity contribution in [1.29, 1.82) is 0 Å². The standard InChI is InChI=1S/C42H39N5O5/c1-24-22-25(10-21-35(24)48)37-31-19-20-32-36(33(31)23-34-39(50)47(41(52)42(34,37)2)29-8-6-5-7-9-29)40(51)46(38(32)49)30-17-13-27(14-18-30)44-43-26-11-15-28(16-12-26)45(3)4/h5-19,21-22,32-34,36-37,48H,20,23H2,1-4H3/t32-,33+,34-,36-,37-,42+/m0/s1. The number of carbonyl (C=O) groups is 4. The van der Waals surface area contributed by atoms with Gasteiger partial charge >= 0.3 is 0 Å². The van der Waals surface area contributed by atoms with Crippen LogP contribution in [0.1, 0.15) is 36.8 Å². The van der Waals surface area contributed by atoms with Crippen molar-refractivity contribution in [2.45, 2.75) is 32.6 Å². The molecule has 2 saturated heterocycles. The number of anilines is 3. The maximum atomic E-state index is 14.5. The van der Waals surface area contributed by atoms with Gasteiger partial charge in [0.1, 0.15) is 5.75 Å². The van der Waals surface area contributed by atoms with Gasteiger partial charge in [0.25, 0.3) is 0 Å². The Morgan fingerprint density at radius 3 is 2.02 bits per heavy atom. The predicted molar refractivity (Wildman–Crippen MR) is 198 cm³/mol. The zero-order chi connectivity index (χ0) is 36.5. The first-order valence-electron chi connectivity index (χ1n) is 17.6. The zero-order valence-corrected chi connectivity index (χ0v) is 29.4. The fourth-order valence-electron chi connectivity index (χ4n) is 8.93. The molecule has 0 bridgehead atoms. The van der Waals surface area contributed by atoms with Gasteiger partial charge in [-0.1, -0.05) is 42.0 Å². The van der Waals surface area contributed by atoms with Crippen LogP contribution in [0.2, 0.25) is 0 Å². The number of allylic oxidation sites excluding steroid dienone is 2. The molecule has 0 spiro atoms. The predicted octanol–water partition coefficient (Wildman–Crippen LogP) is 7.62. The molecule has 3 fully saturated rings. The molecule has 10 nitrogen and oxygen atoms in total. The Labute approximate surface area is 302 Å². The second-order valence-corrected chi connectivity index (χ2v) is 14.7. The van der Waals surface area contributed by atoms with E-state index in [4.69, 9.17) is 0 Å². The second-order valence-electron chi connectivity index (χ2n) is 14.7. The molecule has 0 radical (unpaired) electrons. The van der Waals surface area contributed by atoms with E-state index in [1.54, 1.807) is 67.6 Å². The number of benzene rings is 4. The van der Waals surface area contributed by atoms with Gasteiger partial charge in [0, 0.05) is 25.7 Å². The molecular formula is C42H39N5O5. The van der Waals surface area contributed by atoms with Crippen LogP contribution in [0, 0.1) is 36.0 Å². The van der Waals surface area contributed by atoms with Crippen LogP contribution in [0.4, 0.5) is 28.4 Å². The van der Waals surface area contributed by atoms with Gasteiger partial charge in [-0.2, -0.15) is 10.2 Å². The van der Waals surface area contributed by atoms with Crippen LogP contribution >= 0.6 is 0 Å². The zero-order valence-electron chi connectivity index (χ0n) is 29.4. The lowest BCUT2D eigenvalue weighted by atomic mass is 9.51. The van der Waals surface area contributed by atoms with Crippen molar-refractivity contribution in [2.24, 2.45) is 39.3 Å². The van der Waals surface area contributed by atoms with Crippen LogP contribution in [0.5, 0.6) is 5.75 Å². The Morgan fingerprint density at radius 1 is 0.750 bits per heavy atom. The molecule has 6 atom stereocenters. The van der Waals surface area contributed by atoms with E-state index in [9.17, 15) is 24.3 Å². The minimum Gasteiger partial charge on any atom is -0.508 e. The quantitative estimate of drug-likeness (QED) is 0.126. The molecule has 0 unspecified atom stereocenters. The Morgan fingerprint density at radius 2 is 1.38 bits per heavy atom. The van der Waals surface area contributed by atoms with Gasteiger partial charge in [-0.15, -0.1) is 0 Å². The molecule has 1 N–H and O–H groups in total. The molecule has 10 heteroatoms. The van der Waals surface area contributed by atoms with E-state index in [0.717, 1.165) is 16.8 Å². The molecule has 4 aromatic carbocycles.